The molecule has 1 aromatic heterocycles. The Morgan fingerprint density at radius 1 is 1.25 bits per heavy atom. The maximum absolute atomic E-state index is 5.58. The summed E-state index contributed by atoms with van der Waals surface area (Å²) >= 11 is 0. The van der Waals surface area contributed by atoms with Crippen LogP contribution in [0.3, 0.4) is 0 Å². The third-order valence-electron chi connectivity index (χ3n) is 2.04. The number of ether oxygens (including phenoxy) is 1. The molecule has 0 bridgehead atoms. The third kappa shape index (κ3) is 2.56. The number of hydrogen-bond donors (Lipinski definition) is 1. The third-order valence-corrected chi connectivity index (χ3v) is 2.04. The fourth-order valence-corrected chi connectivity index (χ4v) is 1.25. The Labute approximate surface area is 93.8 Å². The van der Waals surface area contributed by atoms with Crippen LogP contribution in [-0.4, -0.2) is 27.2 Å². The van der Waals surface area contributed by atoms with Gasteiger partial charge in [-0.25, -0.2) is 0 Å². The van der Waals surface area contributed by atoms with Crippen LogP contribution < -0.4 is 4.74 Å². The standard InChI is InChI=1S/C11H14N4O/c1-8(2)7-16-10-5-3-9(4-6-10)11-12-14-15-13-11/h3-6,8H,7H2,1-2H3,(H,12,13,14,15). The number of aromatic amines is 1. The molecule has 1 aromatic carbocycles. The zero-order valence-corrected chi connectivity index (χ0v) is 9.34. The van der Waals surface area contributed by atoms with E-state index in [1.54, 1.807) is 0 Å². The molecule has 0 spiro atoms. The van der Waals surface area contributed by atoms with E-state index in [0.717, 1.165) is 17.9 Å². The van der Waals surface area contributed by atoms with Gasteiger partial charge in [0.25, 0.3) is 0 Å². The van der Waals surface area contributed by atoms with Gasteiger partial charge in [-0.3, -0.25) is 0 Å². The molecule has 0 fully saturated rings. The summed E-state index contributed by atoms with van der Waals surface area (Å²) < 4.78 is 5.58. The van der Waals surface area contributed by atoms with E-state index in [4.69, 9.17) is 4.74 Å². The van der Waals surface area contributed by atoms with E-state index in [1.165, 1.54) is 0 Å². The molecule has 0 atom stereocenters. The van der Waals surface area contributed by atoms with Gasteiger partial charge >= 0.3 is 0 Å². The van der Waals surface area contributed by atoms with E-state index in [0.29, 0.717) is 11.7 Å². The van der Waals surface area contributed by atoms with E-state index in [-0.39, 0.29) is 0 Å². The van der Waals surface area contributed by atoms with Gasteiger partial charge in [0.2, 0.25) is 5.82 Å². The molecule has 1 heterocycles. The second-order valence-corrected chi connectivity index (χ2v) is 3.96. The number of H-pyrrole nitrogens is 1. The highest BCUT2D eigenvalue weighted by Crippen LogP contribution is 2.18. The Morgan fingerprint density at radius 3 is 2.56 bits per heavy atom. The van der Waals surface area contributed by atoms with E-state index < -0.39 is 0 Å². The highest BCUT2D eigenvalue weighted by molar-refractivity contribution is 5.54. The molecular formula is C11H14N4O. The second kappa shape index (κ2) is 4.74. The topological polar surface area (TPSA) is 63.7 Å². The molecular weight excluding hydrogens is 204 g/mol. The monoisotopic (exact) mass is 218 g/mol. The zero-order valence-electron chi connectivity index (χ0n) is 9.34. The van der Waals surface area contributed by atoms with Gasteiger partial charge < -0.3 is 4.74 Å². The van der Waals surface area contributed by atoms with Crippen molar-refractivity contribution in [3.05, 3.63) is 24.3 Å². The molecule has 84 valence electrons. The Bertz CT molecular complexity index is 422. The number of aromatic nitrogens is 4. The van der Waals surface area contributed by atoms with Crippen molar-refractivity contribution in [3.8, 4) is 17.1 Å². The smallest absolute Gasteiger partial charge is 0.204 e. The van der Waals surface area contributed by atoms with Gasteiger partial charge in [-0.05, 0) is 35.4 Å². The van der Waals surface area contributed by atoms with Crippen molar-refractivity contribution in [1.82, 2.24) is 20.6 Å². The lowest BCUT2D eigenvalue weighted by molar-refractivity contribution is 0.271. The first-order valence-corrected chi connectivity index (χ1v) is 5.22. The lowest BCUT2D eigenvalue weighted by Crippen LogP contribution is -2.04. The number of nitrogens with zero attached hydrogens (tertiary/aromatic N) is 3. The minimum atomic E-state index is 0.525. The number of tetrazole rings is 1. The van der Waals surface area contributed by atoms with E-state index >= 15 is 0 Å². The lowest BCUT2D eigenvalue weighted by atomic mass is 10.2. The normalized spacial score (nSPS) is 10.7. The van der Waals surface area contributed by atoms with Crippen LogP contribution in [0.25, 0.3) is 11.4 Å². The van der Waals surface area contributed by atoms with Gasteiger partial charge in [0.15, 0.2) is 0 Å². The SMILES string of the molecule is CC(C)COc1ccc(-c2nn[nH]n2)cc1. The predicted molar refractivity (Wildman–Crippen MR) is 59.9 cm³/mol. The maximum Gasteiger partial charge on any atom is 0.204 e. The maximum atomic E-state index is 5.58. The first kappa shape index (κ1) is 10.6. The van der Waals surface area contributed by atoms with Crippen molar-refractivity contribution >= 4 is 0 Å². The van der Waals surface area contributed by atoms with Gasteiger partial charge in [-0.15, -0.1) is 10.2 Å². The molecule has 5 nitrogen and oxygen atoms in total. The van der Waals surface area contributed by atoms with E-state index in [1.807, 2.05) is 24.3 Å². The van der Waals surface area contributed by atoms with Crippen molar-refractivity contribution in [2.24, 2.45) is 5.92 Å². The summed E-state index contributed by atoms with van der Waals surface area (Å²) in [7, 11) is 0. The summed E-state index contributed by atoms with van der Waals surface area (Å²) in [5, 5.41) is 13.7. The average molecular weight is 218 g/mol. The molecule has 0 aliphatic heterocycles. The summed E-state index contributed by atoms with van der Waals surface area (Å²) in [4.78, 5) is 0. The minimum Gasteiger partial charge on any atom is -0.493 e. The fraction of sp³-hybridized carbons (Fsp3) is 0.364. The first-order valence-electron chi connectivity index (χ1n) is 5.22. The van der Waals surface area contributed by atoms with Crippen molar-refractivity contribution in [1.29, 1.82) is 0 Å². The first-order chi connectivity index (χ1) is 7.75. The fourth-order valence-electron chi connectivity index (χ4n) is 1.25. The summed E-state index contributed by atoms with van der Waals surface area (Å²) in [5.41, 5.74) is 0.922. The molecule has 0 aliphatic rings. The number of nitrogens with one attached hydrogen (secondary N) is 1. The van der Waals surface area contributed by atoms with Crippen molar-refractivity contribution in [2.75, 3.05) is 6.61 Å². The Hall–Kier alpha value is -1.91. The van der Waals surface area contributed by atoms with Crippen LogP contribution in [0.5, 0.6) is 5.75 Å². The molecule has 16 heavy (non-hydrogen) atoms. The quantitative estimate of drug-likeness (QED) is 0.851. The predicted octanol–water partition coefficient (Wildman–Crippen LogP) is 1.90. The van der Waals surface area contributed by atoms with Crippen LogP contribution >= 0.6 is 0 Å². The Kier molecular flexibility index (Phi) is 3.14. The molecule has 2 rings (SSSR count). The molecule has 0 unspecified atom stereocenters. The molecule has 1 N–H and O–H groups in total. The molecule has 0 amide bonds. The van der Waals surface area contributed by atoms with Gasteiger partial charge in [-0.1, -0.05) is 13.8 Å². The van der Waals surface area contributed by atoms with Crippen LogP contribution in [0, 0.1) is 5.92 Å². The summed E-state index contributed by atoms with van der Waals surface area (Å²) in [6, 6.07) is 7.66. The van der Waals surface area contributed by atoms with Crippen molar-refractivity contribution < 1.29 is 4.74 Å². The Balaban J connectivity index is 2.05. The van der Waals surface area contributed by atoms with E-state index in [2.05, 4.69) is 34.5 Å². The number of rotatable bonds is 4. The summed E-state index contributed by atoms with van der Waals surface area (Å²) in [5.74, 6) is 1.98. The molecule has 0 saturated heterocycles. The lowest BCUT2D eigenvalue weighted by Gasteiger charge is -2.08. The van der Waals surface area contributed by atoms with Crippen LogP contribution in [0.15, 0.2) is 24.3 Å². The highest BCUT2D eigenvalue weighted by atomic mass is 16.5. The van der Waals surface area contributed by atoms with Gasteiger partial charge in [0.1, 0.15) is 5.75 Å². The highest BCUT2D eigenvalue weighted by Gasteiger charge is 2.03. The van der Waals surface area contributed by atoms with Crippen LogP contribution in [0.2, 0.25) is 0 Å². The molecule has 2 aromatic rings. The molecule has 0 aliphatic carbocycles. The number of hydrogen-bond acceptors (Lipinski definition) is 4. The molecule has 5 heteroatoms. The summed E-state index contributed by atoms with van der Waals surface area (Å²) in [6.07, 6.45) is 0. The average Bonchev–Trinajstić information content (AvgIpc) is 2.80. The van der Waals surface area contributed by atoms with Crippen LogP contribution in [-0.2, 0) is 0 Å². The minimum absolute atomic E-state index is 0.525. The van der Waals surface area contributed by atoms with Crippen LogP contribution in [0.4, 0.5) is 0 Å². The van der Waals surface area contributed by atoms with Crippen molar-refractivity contribution in [2.45, 2.75) is 13.8 Å². The largest absolute Gasteiger partial charge is 0.493 e. The zero-order chi connectivity index (χ0) is 11.4. The molecule has 0 saturated carbocycles. The van der Waals surface area contributed by atoms with Gasteiger partial charge in [0.05, 0.1) is 6.61 Å². The van der Waals surface area contributed by atoms with Crippen LogP contribution in [0.1, 0.15) is 13.8 Å². The van der Waals surface area contributed by atoms with Crippen molar-refractivity contribution in [3.63, 3.8) is 0 Å². The van der Waals surface area contributed by atoms with Gasteiger partial charge in [-0.2, -0.15) is 5.21 Å². The second-order valence-electron chi connectivity index (χ2n) is 3.96. The molecule has 0 radical (unpaired) electrons. The van der Waals surface area contributed by atoms with E-state index in [9.17, 15) is 0 Å². The number of benzene rings is 1. The Morgan fingerprint density at radius 2 is 2.00 bits per heavy atom. The van der Waals surface area contributed by atoms with Gasteiger partial charge in [0, 0.05) is 5.56 Å². The summed E-state index contributed by atoms with van der Waals surface area (Å²) in [6.45, 7) is 4.96.